The normalized spacial score (nSPS) is 24.2. The number of hydrogen-bond donors (Lipinski definition) is 2. The SMILES string of the molecule is NC1N=C(C2CCC2)c2ccccc2NC1=O. The van der Waals surface area contributed by atoms with Crippen molar-refractivity contribution in [3.63, 3.8) is 0 Å². The van der Waals surface area contributed by atoms with Crippen LogP contribution in [0.4, 0.5) is 5.69 Å². The molecule has 0 saturated heterocycles. The van der Waals surface area contributed by atoms with Crippen LogP contribution in [0.2, 0.25) is 0 Å². The topological polar surface area (TPSA) is 67.5 Å². The highest BCUT2D eigenvalue weighted by atomic mass is 16.2. The summed E-state index contributed by atoms with van der Waals surface area (Å²) in [5, 5.41) is 2.83. The number of carbonyl (C=O) groups is 1. The van der Waals surface area contributed by atoms with Gasteiger partial charge in [-0.1, -0.05) is 24.6 Å². The molecule has 1 aromatic carbocycles. The Labute approximate surface area is 99.9 Å². The number of hydrogen-bond acceptors (Lipinski definition) is 3. The van der Waals surface area contributed by atoms with E-state index in [1.165, 1.54) is 6.42 Å². The first-order valence-electron chi connectivity index (χ1n) is 5.99. The number of benzodiazepines with no additional fused rings is 1. The monoisotopic (exact) mass is 229 g/mol. The lowest BCUT2D eigenvalue weighted by molar-refractivity contribution is -0.117. The molecule has 1 fully saturated rings. The minimum absolute atomic E-state index is 0.230. The molecule has 1 unspecified atom stereocenters. The lowest BCUT2D eigenvalue weighted by Gasteiger charge is -2.27. The number of amides is 1. The summed E-state index contributed by atoms with van der Waals surface area (Å²) < 4.78 is 0. The average Bonchev–Trinajstić information content (AvgIpc) is 2.36. The molecule has 0 bridgehead atoms. The lowest BCUT2D eigenvalue weighted by Crippen LogP contribution is -2.34. The van der Waals surface area contributed by atoms with Gasteiger partial charge in [-0.05, 0) is 18.9 Å². The summed E-state index contributed by atoms with van der Waals surface area (Å²) in [4.78, 5) is 16.1. The van der Waals surface area contributed by atoms with Crippen LogP contribution in [-0.2, 0) is 4.79 Å². The van der Waals surface area contributed by atoms with Crippen LogP contribution in [0.15, 0.2) is 29.3 Å². The maximum atomic E-state index is 11.7. The quantitative estimate of drug-likeness (QED) is 0.766. The number of para-hydroxylation sites is 1. The van der Waals surface area contributed by atoms with Gasteiger partial charge in [0, 0.05) is 22.9 Å². The predicted molar refractivity (Wildman–Crippen MR) is 66.9 cm³/mol. The molecule has 3 N–H and O–H groups in total. The highest BCUT2D eigenvalue weighted by Crippen LogP contribution is 2.33. The Morgan fingerprint density at radius 3 is 2.76 bits per heavy atom. The van der Waals surface area contributed by atoms with E-state index < -0.39 is 6.17 Å². The molecule has 88 valence electrons. The number of fused-ring (bicyclic) bond motifs is 1. The number of aliphatic imine (C=N–C) groups is 1. The molecule has 1 aliphatic carbocycles. The van der Waals surface area contributed by atoms with E-state index in [-0.39, 0.29) is 5.91 Å². The van der Waals surface area contributed by atoms with Crippen LogP contribution in [0, 0.1) is 5.92 Å². The minimum atomic E-state index is -0.780. The van der Waals surface area contributed by atoms with Crippen molar-refractivity contribution < 1.29 is 4.79 Å². The molecule has 4 heteroatoms. The number of rotatable bonds is 1. The van der Waals surface area contributed by atoms with Crippen molar-refractivity contribution in [3.8, 4) is 0 Å². The Kier molecular flexibility index (Phi) is 2.44. The first-order valence-corrected chi connectivity index (χ1v) is 5.99. The van der Waals surface area contributed by atoms with E-state index in [1.54, 1.807) is 0 Å². The summed E-state index contributed by atoms with van der Waals surface area (Å²) in [7, 11) is 0. The first kappa shape index (κ1) is 10.5. The van der Waals surface area contributed by atoms with Crippen LogP contribution in [0.25, 0.3) is 0 Å². The van der Waals surface area contributed by atoms with Crippen LogP contribution in [0.1, 0.15) is 24.8 Å². The zero-order valence-electron chi connectivity index (χ0n) is 9.52. The molecule has 2 aliphatic rings. The summed E-state index contributed by atoms with van der Waals surface area (Å²) in [6.07, 6.45) is 2.75. The Morgan fingerprint density at radius 2 is 2.06 bits per heavy atom. The molecule has 3 rings (SSSR count). The molecule has 1 aromatic rings. The van der Waals surface area contributed by atoms with Gasteiger partial charge in [0.25, 0.3) is 5.91 Å². The van der Waals surface area contributed by atoms with Gasteiger partial charge in [-0.25, -0.2) is 0 Å². The van der Waals surface area contributed by atoms with Gasteiger partial charge in [0.2, 0.25) is 0 Å². The molecule has 4 nitrogen and oxygen atoms in total. The van der Waals surface area contributed by atoms with Crippen molar-refractivity contribution in [1.29, 1.82) is 0 Å². The standard InChI is InChI=1S/C13H15N3O/c14-12-13(17)15-10-7-2-1-6-9(10)11(16-12)8-4-3-5-8/h1-2,6-8,12H,3-5,14H2,(H,15,17). The Hall–Kier alpha value is -1.68. The second kappa shape index (κ2) is 3.96. The second-order valence-corrected chi connectivity index (χ2v) is 4.62. The molecule has 0 radical (unpaired) electrons. The van der Waals surface area contributed by atoms with Crippen LogP contribution in [0.3, 0.4) is 0 Å². The fraction of sp³-hybridized carbons (Fsp3) is 0.385. The molecule has 0 aromatic heterocycles. The zero-order chi connectivity index (χ0) is 11.8. The van der Waals surface area contributed by atoms with Gasteiger partial charge in [-0.3, -0.25) is 9.79 Å². The molecule has 17 heavy (non-hydrogen) atoms. The van der Waals surface area contributed by atoms with E-state index >= 15 is 0 Å². The van der Waals surface area contributed by atoms with Crippen molar-refractivity contribution in [1.82, 2.24) is 0 Å². The summed E-state index contributed by atoms with van der Waals surface area (Å²) in [6, 6.07) is 7.79. The number of anilines is 1. The average molecular weight is 229 g/mol. The third kappa shape index (κ3) is 1.74. The van der Waals surface area contributed by atoms with E-state index in [0.717, 1.165) is 29.8 Å². The number of nitrogens with two attached hydrogens (primary N) is 1. The van der Waals surface area contributed by atoms with Gasteiger partial charge >= 0.3 is 0 Å². The highest BCUT2D eigenvalue weighted by Gasteiger charge is 2.29. The van der Waals surface area contributed by atoms with Crippen molar-refractivity contribution in [2.45, 2.75) is 25.4 Å². The first-order chi connectivity index (χ1) is 8.25. The summed E-state index contributed by atoms with van der Waals surface area (Å²) in [6.45, 7) is 0. The lowest BCUT2D eigenvalue weighted by atomic mass is 9.79. The molecule has 0 spiro atoms. The predicted octanol–water partition coefficient (Wildman–Crippen LogP) is 1.51. The number of nitrogens with one attached hydrogen (secondary N) is 1. The van der Waals surface area contributed by atoms with E-state index in [9.17, 15) is 4.79 Å². The van der Waals surface area contributed by atoms with E-state index in [0.29, 0.717) is 5.92 Å². The molecular formula is C13H15N3O. The second-order valence-electron chi connectivity index (χ2n) is 4.62. The van der Waals surface area contributed by atoms with Crippen molar-refractivity contribution in [3.05, 3.63) is 29.8 Å². The van der Waals surface area contributed by atoms with E-state index in [1.807, 2.05) is 24.3 Å². The van der Waals surface area contributed by atoms with Gasteiger partial charge < -0.3 is 11.1 Å². The Morgan fingerprint density at radius 1 is 1.29 bits per heavy atom. The minimum Gasteiger partial charge on any atom is -0.322 e. The smallest absolute Gasteiger partial charge is 0.263 e. The summed E-state index contributed by atoms with van der Waals surface area (Å²) in [5.41, 5.74) is 8.62. The summed E-state index contributed by atoms with van der Waals surface area (Å²) >= 11 is 0. The number of benzene rings is 1. The maximum Gasteiger partial charge on any atom is 0.263 e. The zero-order valence-corrected chi connectivity index (χ0v) is 9.52. The molecule has 1 atom stereocenters. The van der Waals surface area contributed by atoms with E-state index in [2.05, 4.69) is 10.3 Å². The highest BCUT2D eigenvalue weighted by molar-refractivity contribution is 6.12. The molecule has 1 aliphatic heterocycles. The Bertz CT molecular complexity index is 491. The van der Waals surface area contributed by atoms with Gasteiger partial charge in [-0.15, -0.1) is 0 Å². The largest absolute Gasteiger partial charge is 0.322 e. The van der Waals surface area contributed by atoms with Crippen LogP contribution in [0.5, 0.6) is 0 Å². The fourth-order valence-electron chi connectivity index (χ4n) is 2.31. The molecule has 1 heterocycles. The van der Waals surface area contributed by atoms with Crippen LogP contribution < -0.4 is 11.1 Å². The van der Waals surface area contributed by atoms with Crippen molar-refractivity contribution >= 4 is 17.3 Å². The van der Waals surface area contributed by atoms with Gasteiger partial charge in [0.05, 0.1) is 0 Å². The van der Waals surface area contributed by atoms with Gasteiger partial charge in [0.15, 0.2) is 6.17 Å². The third-order valence-corrected chi connectivity index (χ3v) is 3.50. The molecular weight excluding hydrogens is 214 g/mol. The Balaban J connectivity index is 2.09. The van der Waals surface area contributed by atoms with Crippen molar-refractivity contribution in [2.24, 2.45) is 16.6 Å². The van der Waals surface area contributed by atoms with E-state index in [4.69, 9.17) is 5.73 Å². The van der Waals surface area contributed by atoms with Gasteiger partial charge in [0.1, 0.15) is 0 Å². The summed E-state index contributed by atoms with van der Waals surface area (Å²) in [5.74, 6) is 0.238. The number of carbonyl (C=O) groups excluding carboxylic acids is 1. The molecule has 1 saturated carbocycles. The number of nitrogens with zero attached hydrogens (tertiary/aromatic N) is 1. The van der Waals surface area contributed by atoms with Crippen molar-refractivity contribution in [2.75, 3.05) is 5.32 Å². The fourth-order valence-corrected chi connectivity index (χ4v) is 2.31. The van der Waals surface area contributed by atoms with Crippen LogP contribution >= 0.6 is 0 Å². The van der Waals surface area contributed by atoms with Crippen LogP contribution in [-0.4, -0.2) is 17.8 Å². The third-order valence-electron chi connectivity index (χ3n) is 3.50. The molecule has 1 amide bonds. The van der Waals surface area contributed by atoms with Gasteiger partial charge in [-0.2, -0.15) is 0 Å². The maximum absolute atomic E-state index is 11.7.